The van der Waals surface area contributed by atoms with E-state index in [0.29, 0.717) is 54.4 Å². The second-order valence-electron chi connectivity index (χ2n) is 8.02. The highest BCUT2D eigenvalue weighted by Gasteiger charge is 2.44. The zero-order chi connectivity index (χ0) is 21.5. The third kappa shape index (κ3) is 4.21. The number of fused-ring (bicyclic) bond motifs is 1. The Morgan fingerprint density at radius 2 is 1.90 bits per heavy atom. The number of hydrogen-bond donors (Lipinski definition) is 0. The lowest BCUT2D eigenvalue weighted by Gasteiger charge is -2.44. The molecular formula is C23H23BrClNO4. The van der Waals surface area contributed by atoms with Crippen molar-refractivity contribution in [3.8, 4) is 11.5 Å². The number of piperidine rings is 1. The number of carbonyl (C=O) groups excluding carboxylic acids is 2. The number of Topliss-reactive ketones (excluding diaryl/α,β-unsaturated/α-hetero) is 1. The Morgan fingerprint density at radius 1 is 1.23 bits per heavy atom. The Morgan fingerprint density at radius 3 is 2.57 bits per heavy atom. The molecule has 1 saturated heterocycles. The zero-order valence-electron chi connectivity index (χ0n) is 16.9. The van der Waals surface area contributed by atoms with Gasteiger partial charge in [0.15, 0.2) is 11.9 Å². The van der Waals surface area contributed by atoms with E-state index in [-0.39, 0.29) is 11.7 Å². The predicted octanol–water partition coefficient (Wildman–Crippen LogP) is 5.20. The Balaban J connectivity index is 1.41. The number of ether oxygens (including phenoxy) is 2. The molecule has 2 heterocycles. The third-order valence-corrected chi connectivity index (χ3v) is 6.55. The molecule has 2 aromatic rings. The molecule has 0 radical (unpaired) electrons. The fourth-order valence-corrected chi connectivity index (χ4v) is 4.69. The fourth-order valence-electron chi connectivity index (χ4n) is 4.15. The Kier molecular flexibility index (Phi) is 5.82. The van der Waals surface area contributed by atoms with Crippen LogP contribution in [0.15, 0.2) is 40.9 Å². The van der Waals surface area contributed by atoms with Crippen molar-refractivity contribution >= 4 is 39.2 Å². The van der Waals surface area contributed by atoms with Crippen molar-refractivity contribution in [2.24, 2.45) is 0 Å². The molecule has 2 aliphatic rings. The van der Waals surface area contributed by atoms with E-state index >= 15 is 0 Å². The van der Waals surface area contributed by atoms with Crippen molar-refractivity contribution in [3.63, 3.8) is 0 Å². The van der Waals surface area contributed by atoms with Crippen molar-refractivity contribution in [1.29, 1.82) is 0 Å². The molecule has 4 rings (SSSR count). The van der Waals surface area contributed by atoms with E-state index in [1.807, 2.05) is 37.3 Å². The first-order valence-corrected chi connectivity index (χ1v) is 11.2. The molecule has 158 valence electrons. The van der Waals surface area contributed by atoms with Crippen molar-refractivity contribution in [1.82, 2.24) is 4.90 Å². The molecular weight excluding hydrogens is 470 g/mol. The number of benzene rings is 2. The summed E-state index contributed by atoms with van der Waals surface area (Å²) < 4.78 is 13.1. The van der Waals surface area contributed by atoms with Crippen LogP contribution in [-0.2, 0) is 4.79 Å². The number of ketones is 1. The SMILES string of the molecule is Cc1cc(Cl)cc2c1OC1(CCN(C(=O)C(C)Oc3ccc(Br)cc3)CC1)CC2=O. The Labute approximate surface area is 189 Å². The summed E-state index contributed by atoms with van der Waals surface area (Å²) in [6, 6.07) is 10.9. The van der Waals surface area contributed by atoms with E-state index in [1.54, 1.807) is 17.9 Å². The molecule has 0 aromatic heterocycles. The molecule has 0 N–H and O–H groups in total. The van der Waals surface area contributed by atoms with Crippen LogP contribution in [0.2, 0.25) is 5.02 Å². The van der Waals surface area contributed by atoms with Gasteiger partial charge >= 0.3 is 0 Å². The van der Waals surface area contributed by atoms with Gasteiger partial charge in [0, 0.05) is 35.4 Å². The normalized spacial score (nSPS) is 18.5. The van der Waals surface area contributed by atoms with Crippen LogP contribution in [0, 0.1) is 6.92 Å². The summed E-state index contributed by atoms with van der Waals surface area (Å²) in [5.41, 5.74) is 0.857. The van der Waals surface area contributed by atoms with Gasteiger partial charge < -0.3 is 14.4 Å². The molecule has 30 heavy (non-hydrogen) atoms. The number of rotatable bonds is 3. The molecule has 0 aliphatic carbocycles. The maximum absolute atomic E-state index is 12.9. The minimum atomic E-state index is -0.584. The maximum Gasteiger partial charge on any atom is 0.263 e. The highest BCUT2D eigenvalue weighted by atomic mass is 79.9. The predicted molar refractivity (Wildman–Crippen MR) is 119 cm³/mol. The van der Waals surface area contributed by atoms with Gasteiger partial charge in [-0.15, -0.1) is 0 Å². The smallest absolute Gasteiger partial charge is 0.263 e. The molecule has 1 amide bonds. The average molecular weight is 493 g/mol. The summed E-state index contributed by atoms with van der Waals surface area (Å²) in [6.07, 6.45) is 0.944. The lowest BCUT2D eigenvalue weighted by Crippen LogP contribution is -2.54. The highest BCUT2D eigenvalue weighted by molar-refractivity contribution is 9.10. The van der Waals surface area contributed by atoms with Gasteiger partial charge in [-0.3, -0.25) is 9.59 Å². The maximum atomic E-state index is 12.9. The van der Waals surface area contributed by atoms with Gasteiger partial charge in [0.1, 0.15) is 17.1 Å². The first-order valence-electron chi connectivity index (χ1n) is 10.00. The first kappa shape index (κ1) is 21.2. The minimum absolute atomic E-state index is 0.0496. The second kappa shape index (κ2) is 8.23. The van der Waals surface area contributed by atoms with Gasteiger partial charge in [0.2, 0.25) is 0 Å². The largest absolute Gasteiger partial charge is 0.486 e. The van der Waals surface area contributed by atoms with E-state index in [4.69, 9.17) is 21.1 Å². The van der Waals surface area contributed by atoms with Crippen LogP contribution in [0.5, 0.6) is 11.5 Å². The number of aryl methyl sites for hydroxylation is 1. The highest BCUT2D eigenvalue weighted by Crippen LogP contribution is 2.42. The van der Waals surface area contributed by atoms with E-state index < -0.39 is 11.7 Å². The number of likely N-dealkylation sites (tertiary alicyclic amines) is 1. The van der Waals surface area contributed by atoms with Crippen molar-refractivity contribution in [3.05, 3.63) is 57.0 Å². The van der Waals surface area contributed by atoms with Crippen molar-refractivity contribution < 1.29 is 19.1 Å². The van der Waals surface area contributed by atoms with Crippen LogP contribution in [0.25, 0.3) is 0 Å². The Hall–Kier alpha value is -2.05. The molecule has 5 nitrogen and oxygen atoms in total. The summed E-state index contributed by atoms with van der Waals surface area (Å²) in [6.45, 7) is 4.72. The molecule has 0 saturated carbocycles. The summed E-state index contributed by atoms with van der Waals surface area (Å²) in [4.78, 5) is 27.4. The fraction of sp³-hybridized carbons (Fsp3) is 0.391. The molecule has 2 aliphatic heterocycles. The molecule has 1 fully saturated rings. The van der Waals surface area contributed by atoms with E-state index in [2.05, 4.69) is 15.9 Å². The monoisotopic (exact) mass is 491 g/mol. The topological polar surface area (TPSA) is 55.8 Å². The van der Waals surface area contributed by atoms with Gasteiger partial charge in [-0.25, -0.2) is 0 Å². The van der Waals surface area contributed by atoms with Gasteiger partial charge in [-0.1, -0.05) is 27.5 Å². The zero-order valence-corrected chi connectivity index (χ0v) is 19.3. The van der Waals surface area contributed by atoms with Crippen LogP contribution in [0.4, 0.5) is 0 Å². The van der Waals surface area contributed by atoms with Gasteiger partial charge in [-0.2, -0.15) is 0 Å². The average Bonchev–Trinajstić information content (AvgIpc) is 2.71. The number of halogens is 2. The van der Waals surface area contributed by atoms with Crippen LogP contribution < -0.4 is 9.47 Å². The van der Waals surface area contributed by atoms with Gasteiger partial charge in [0.05, 0.1) is 12.0 Å². The van der Waals surface area contributed by atoms with Crippen molar-refractivity contribution in [2.75, 3.05) is 13.1 Å². The molecule has 2 aromatic carbocycles. The molecule has 1 unspecified atom stereocenters. The minimum Gasteiger partial charge on any atom is -0.486 e. The number of carbonyl (C=O) groups is 2. The standard InChI is InChI=1S/C23H23BrClNO4/c1-14-11-17(25)12-19-20(27)13-23(30-21(14)19)7-9-26(10-8-23)22(28)15(2)29-18-5-3-16(24)4-6-18/h3-6,11-12,15H,7-10,13H2,1-2H3. The van der Waals surface area contributed by atoms with Crippen LogP contribution in [-0.4, -0.2) is 41.4 Å². The third-order valence-electron chi connectivity index (χ3n) is 5.80. The summed E-state index contributed by atoms with van der Waals surface area (Å²) in [5, 5.41) is 0.541. The summed E-state index contributed by atoms with van der Waals surface area (Å²) >= 11 is 9.49. The second-order valence-corrected chi connectivity index (χ2v) is 9.38. The van der Waals surface area contributed by atoms with E-state index in [0.717, 1.165) is 10.0 Å². The molecule has 0 bridgehead atoms. The quantitative estimate of drug-likeness (QED) is 0.591. The lowest BCUT2D eigenvalue weighted by atomic mass is 9.82. The number of hydrogen-bond acceptors (Lipinski definition) is 4. The molecule has 1 spiro atoms. The molecule has 1 atom stereocenters. The van der Waals surface area contributed by atoms with Gasteiger partial charge in [0.25, 0.3) is 5.91 Å². The van der Waals surface area contributed by atoms with Crippen LogP contribution in [0.3, 0.4) is 0 Å². The number of nitrogens with zero attached hydrogens (tertiary/aromatic N) is 1. The van der Waals surface area contributed by atoms with E-state index in [9.17, 15) is 9.59 Å². The molecule has 7 heteroatoms. The van der Waals surface area contributed by atoms with E-state index in [1.165, 1.54) is 0 Å². The number of amides is 1. The first-order chi connectivity index (χ1) is 14.3. The summed E-state index contributed by atoms with van der Waals surface area (Å²) in [5.74, 6) is 1.27. The van der Waals surface area contributed by atoms with Crippen LogP contribution >= 0.6 is 27.5 Å². The van der Waals surface area contributed by atoms with Gasteiger partial charge in [-0.05, 0) is 55.8 Å². The Bertz CT molecular complexity index is 983. The summed E-state index contributed by atoms with van der Waals surface area (Å²) in [7, 11) is 0. The lowest BCUT2D eigenvalue weighted by molar-refractivity contribution is -0.141. The van der Waals surface area contributed by atoms with Crippen LogP contribution in [0.1, 0.15) is 42.1 Å². The van der Waals surface area contributed by atoms with Crippen molar-refractivity contribution in [2.45, 2.75) is 44.8 Å².